The van der Waals surface area contributed by atoms with Crippen molar-refractivity contribution in [1.29, 1.82) is 0 Å². The fraction of sp³-hybridized carbons (Fsp3) is 0.381. The summed E-state index contributed by atoms with van der Waals surface area (Å²) in [6.45, 7) is 4.45. The Balaban J connectivity index is 2.10. The molecule has 3 rings (SSSR count). The Labute approximate surface area is 174 Å². The van der Waals surface area contributed by atoms with E-state index in [1.165, 1.54) is 19.1 Å². The lowest BCUT2D eigenvalue weighted by molar-refractivity contribution is -0.163. The van der Waals surface area contributed by atoms with Crippen molar-refractivity contribution in [3.63, 3.8) is 0 Å². The molecule has 0 unspecified atom stereocenters. The Morgan fingerprint density at radius 3 is 2.00 bits per heavy atom. The quantitative estimate of drug-likeness (QED) is 0.696. The first-order valence-electron chi connectivity index (χ1n) is 9.35. The summed E-state index contributed by atoms with van der Waals surface area (Å²) in [6.07, 6.45) is -0.589. The van der Waals surface area contributed by atoms with E-state index in [-0.39, 0.29) is 29.9 Å². The van der Waals surface area contributed by atoms with E-state index in [4.69, 9.17) is 0 Å². The topological polar surface area (TPSA) is 129 Å². The average molecular weight is 433 g/mol. The smallest absolute Gasteiger partial charge is 0.321 e. The molecular weight excluding hydrogens is 410 g/mol. The summed E-state index contributed by atoms with van der Waals surface area (Å²) in [5, 5.41) is 19.2. The van der Waals surface area contributed by atoms with Gasteiger partial charge in [-0.1, -0.05) is 23.3 Å². The first-order chi connectivity index (χ1) is 13.9. The van der Waals surface area contributed by atoms with Crippen LogP contribution < -0.4 is 0 Å². The van der Waals surface area contributed by atoms with Crippen molar-refractivity contribution in [2.24, 2.45) is 5.41 Å². The molecule has 1 heterocycles. The van der Waals surface area contributed by atoms with Gasteiger partial charge in [-0.05, 0) is 56.0 Å². The zero-order chi connectivity index (χ0) is 22.4. The number of aryl methyl sites for hydroxylation is 1. The van der Waals surface area contributed by atoms with Crippen LogP contribution in [0.4, 0.5) is 0 Å². The Hall–Kier alpha value is -2.78. The molecule has 30 heavy (non-hydrogen) atoms. The number of nitrogens with zero attached hydrogens (tertiary/aromatic N) is 1. The number of benzene rings is 1. The maximum Gasteiger partial charge on any atom is 0.321 e. The maximum atomic E-state index is 13.1. The molecule has 0 spiro atoms. The highest BCUT2D eigenvalue weighted by molar-refractivity contribution is 7.89. The van der Waals surface area contributed by atoms with Gasteiger partial charge in [-0.2, -0.15) is 4.31 Å². The number of rotatable bonds is 4. The van der Waals surface area contributed by atoms with Crippen molar-refractivity contribution in [1.82, 2.24) is 4.31 Å². The van der Waals surface area contributed by atoms with E-state index in [1.807, 2.05) is 6.92 Å². The van der Waals surface area contributed by atoms with Crippen molar-refractivity contribution in [2.75, 3.05) is 13.1 Å². The van der Waals surface area contributed by atoms with Gasteiger partial charge in [0.25, 0.3) is 0 Å². The van der Waals surface area contributed by atoms with E-state index in [1.54, 1.807) is 19.1 Å². The van der Waals surface area contributed by atoms with E-state index in [0.717, 1.165) is 9.87 Å². The molecule has 0 atom stereocenters. The van der Waals surface area contributed by atoms with Crippen molar-refractivity contribution < 1.29 is 33.0 Å². The highest BCUT2D eigenvalue weighted by Crippen LogP contribution is 2.48. The van der Waals surface area contributed by atoms with Crippen molar-refractivity contribution in [2.45, 2.75) is 38.5 Å². The van der Waals surface area contributed by atoms with Crippen LogP contribution in [0.3, 0.4) is 0 Å². The highest BCUT2D eigenvalue weighted by atomic mass is 32.2. The first-order valence-corrected chi connectivity index (χ1v) is 10.8. The van der Waals surface area contributed by atoms with Gasteiger partial charge in [0.15, 0.2) is 11.2 Å². The van der Waals surface area contributed by atoms with Gasteiger partial charge in [-0.15, -0.1) is 0 Å². The summed E-state index contributed by atoms with van der Waals surface area (Å²) < 4.78 is 27.3. The number of sulfonamides is 1. The summed E-state index contributed by atoms with van der Waals surface area (Å²) in [4.78, 5) is 36.5. The molecular formula is C21H23NO7S. The average Bonchev–Trinajstić information content (AvgIpc) is 3.08. The largest absolute Gasteiger partial charge is 0.480 e. The number of ketones is 1. The first kappa shape index (κ1) is 21.9. The van der Waals surface area contributed by atoms with Crippen LogP contribution in [-0.2, 0) is 24.4 Å². The molecule has 0 amide bonds. The van der Waals surface area contributed by atoms with Crippen LogP contribution in [0.15, 0.2) is 51.5 Å². The van der Waals surface area contributed by atoms with Gasteiger partial charge in [0.2, 0.25) is 10.0 Å². The second kappa shape index (κ2) is 7.48. The van der Waals surface area contributed by atoms with Gasteiger partial charge in [-0.25, -0.2) is 8.42 Å². The van der Waals surface area contributed by atoms with Crippen LogP contribution in [-0.4, -0.2) is 53.7 Å². The number of carboxylic acids is 2. The normalized spacial score (nSPS) is 20.0. The number of hydrogen-bond donors (Lipinski definition) is 2. The van der Waals surface area contributed by atoms with Crippen LogP contribution in [0.1, 0.15) is 32.3 Å². The van der Waals surface area contributed by atoms with Crippen molar-refractivity contribution in [3.05, 3.63) is 52.1 Å². The minimum atomic E-state index is -3.97. The maximum absolute atomic E-state index is 13.1. The molecule has 1 aliphatic carbocycles. The number of carboxylic acid groups (broad SMARTS) is 2. The molecule has 1 aromatic rings. The third-order valence-corrected chi connectivity index (χ3v) is 7.72. The van der Waals surface area contributed by atoms with Crippen LogP contribution in [0.2, 0.25) is 0 Å². The van der Waals surface area contributed by atoms with E-state index >= 15 is 0 Å². The van der Waals surface area contributed by atoms with Crippen LogP contribution >= 0.6 is 0 Å². The number of hydrogen-bond acceptors (Lipinski definition) is 5. The summed E-state index contributed by atoms with van der Waals surface area (Å²) in [5.74, 6) is -3.42. The van der Waals surface area contributed by atoms with Crippen molar-refractivity contribution >= 4 is 27.7 Å². The fourth-order valence-electron chi connectivity index (χ4n) is 3.93. The monoisotopic (exact) mass is 433 g/mol. The van der Waals surface area contributed by atoms with Gasteiger partial charge < -0.3 is 10.2 Å². The lowest BCUT2D eigenvalue weighted by Crippen LogP contribution is -2.38. The highest BCUT2D eigenvalue weighted by Gasteiger charge is 2.53. The van der Waals surface area contributed by atoms with Gasteiger partial charge in [0, 0.05) is 13.0 Å². The van der Waals surface area contributed by atoms with Gasteiger partial charge in [0.1, 0.15) is 0 Å². The third kappa shape index (κ3) is 3.48. The number of Topliss-reactive ketones (excluding diaryl/α,β-unsaturated/α-hetero) is 1. The lowest BCUT2D eigenvalue weighted by Gasteiger charge is -2.26. The fourth-order valence-corrected chi connectivity index (χ4v) is 5.36. The molecule has 1 aliphatic heterocycles. The van der Waals surface area contributed by atoms with E-state index in [0.29, 0.717) is 16.7 Å². The third-order valence-electron chi connectivity index (χ3n) is 5.92. The zero-order valence-corrected chi connectivity index (χ0v) is 17.7. The molecule has 0 aromatic heterocycles. The van der Waals surface area contributed by atoms with Crippen LogP contribution in [0.25, 0.3) is 0 Å². The molecule has 2 N–H and O–H groups in total. The van der Waals surface area contributed by atoms with Gasteiger partial charge in [0.05, 0.1) is 11.4 Å². The molecule has 2 aliphatic rings. The number of fused-ring (bicyclic) bond motifs is 1. The Kier molecular flexibility index (Phi) is 5.46. The van der Waals surface area contributed by atoms with Crippen molar-refractivity contribution in [3.8, 4) is 0 Å². The summed E-state index contributed by atoms with van der Waals surface area (Å²) >= 11 is 0. The number of allylic oxidation sites excluding steroid dienone is 2. The summed E-state index contributed by atoms with van der Waals surface area (Å²) in [6, 6.07) is 6.27. The van der Waals surface area contributed by atoms with Crippen LogP contribution in [0.5, 0.6) is 0 Å². The second-order valence-electron chi connectivity index (χ2n) is 7.92. The number of aliphatic carboxylic acids is 2. The summed E-state index contributed by atoms with van der Waals surface area (Å²) in [5.41, 5.74) is 0.418. The SMILES string of the molecule is CC1=C2CC(C(=O)O)(C(=O)O)CC2=C(C)C(=O)CN(S(=O)(=O)c2ccc(C)cc2)C1. The molecule has 0 saturated heterocycles. The minimum Gasteiger partial charge on any atom is -0.480 e. The zero-order valence-electron chi connectivity index (χ0n) is 16.9. The molecule has 8 nitrogen and oxygen atoms in total. The molecule has 160 valence electrons. The minimum absolute atomic E-state index is 0.0537. The molecule has 1 aromatic carbocycles. The Morgan fingerprint density at radius 1 is 0.933 bits per heavy atom. The molecule has 0 radical (unpaired) electrons. The molecule has 9 heteroatoms. The summed E-state index contributed by atoms with van der Waals surface area (Å²) in [7, 11) is -3.97. The number of carbonyl (C=O) groups is 3. The molecule has 1 saturated carbocycles. The lowest BCUT2D eigenvalue weighted by atomic mass is 9.85. The molecule has 1 fully saturated rings. The molecule has 0 bridgehead atoms. The Morgan fingerprint density at radius 2 is 1.47 bits per heavy atom. The van der Waals surface area contributed by atoms with Gasteiger partial charge in [-0.3, -0.25) is 14.4 Å². The van der Waals surface area contributed by atoms with Gasteiger partial charge >= 0.3 is 11.9 Å². The van der Waals surface area contributed by atoms with Crippen LogP contribution in [0, 0.1) is 12.3 Å². The number of carbonyl (C=O) groups excluding carboxylic acids is 1. The Bertz CT molecular complexity index is 1100. The van der Waals surface area contributed by atoms with E-state index in [9.17, 15) is 33.0 Å². The second-order valence-corrected chi connectivity index (χ2v) is 9.86. The standard InChI is InChI=1S/C21H23NO7S/c1-12-4-6-15(7-5-12)30(28,29)22-10-13(2)16-8-21(19(24)25,20(26)27)9-17(16)14(3)18(23)11-22/h4-7H,8-11H2,1-3H3,(H,24,25)(H,26,27). The van der Waals surface area contributed by atoms with E-state index in [2.05, 4.69) is 0 Å². The van der Waals surface area contributed by atoms with E-state index < -0.39 is 39.7 Å². The predicted octanol–water partition coefficient (Wildman–Crippen LogP) is 2.15. The predicted molar refractivity (Wildman–Crippen MR) is 107 cm³/mol.